The van der Waals surface area contributed by atoms with Crippen molar-refractivity contribution in [2.45, 2.75) is 12.8 Å². The van der Waals surface area contributed by atoms with Crippen molar-refractivity contribution < 1.29 is 4.74 Å². The molecule has 5 rings (SSSR count). The minimum Gasteiger partial charge on any atom is -0.497 e. The van der Waals surface area contributed by atoms with Gasteiger partial charge in [0.2, 0.25) is 0 Å². The zero-order valence-corrected chi connectivity index (χ0v) is 15.0. The topological polar surface area (TPSA) is 55.0 Å². The van der Waals surface area contributed by atoms with Crippen LogP contribution in [0.5, 0.6) is 5.75 Å². The summed E-state index contributed by atoms with van der Waals surface area (Å²) < 4.78 is 5.20. The second-order valence-corrected chi connectivity index (χ2v) is 7.39. The van der Waals surface area contributed by atoms with Gasteiger partial charge in [0.25, 0.3) is 5.56 Å². The molecule has 0 atom stereocenters. The maximum absolute atomic E-state index is 12.8. The van der Waals surface area contributed by atoms with Crippen molar-refractivity contribution in [1.82, 2.24) is 9.97 Å². The molecule has 2 heterocycles. The maximum atomic E-state index is 12.8. The number of H-pyrrole nitrogens is 1. The van der Waals surface area contributed by atoms with Crippen LogP contribution in [0.3, 0.4) is 0 Å². The quantitative estimate of drug-likeness (QED) is 0.575. The molecule has 0 fully saturated rings. The zero-order chi connectivity index (χ0) is 17.7. The number of nitrogens with one attached hydrogen (secondary N) is 1. The molecule has 0 radical (unpaired) electrons. The van der Waals surface area contributed by atoms with Crippen molar-refractivity contribution in [1.29, 1.82) is 0 Å². The van der Waals surface area contributed by atoms with Gasteiger partial charge < -0.3 is 9.72 Å². The third-order valence-electron chi connectivity index (χ3n) is 4.93. The molecule has 4 aromatic rings. The van der Waals surface area contributed by atoms with Crippen LogP contribution in [-0.4, -0.2) is 17.1 Å². The van der Waals surface area contributed by atoms with Gasteiger partial charge in [0.15, 0.2) is 0 Å². The van der Waals surface area contributed by atoms with Gasteiger partial charge >= 0.3 is 0 Å². The van der Waals surface area contributed by atoms with Crippen molar-refractivity contribution in [2.24, 2.45) is 0 Å². The summed E-state index contributed by atoms with van der Waals surface area (Å²) in [5.74, 6) is 1.37. The van der Waals surface area contributed by atoms with E-state index in [0.29, 0.717) is 5.82 Å². The smallest absolute Gasteiger partial charge is 0.260 e. The first-order valence-corrected chi connectivity index (χ1v) is 9.34. The summed E-state index contributed by atoms with van der Waals surface area (Å²) in [6.07, 6.45) is 1.85. The maximum Gasteiger partial charge on any atom is 0.260 e. The van der Waals surface area contributed by atoms with Crippen LogP contribution in [-0.2, 0) is 12.8 Å². The number of aromatic nitrogens is 2. The van der Waals surface area contributed by atoms with Crippen LogP contribution in [0.25, 0.3) is 32.0 Å². The first-order chi connectivity index (χ1) is 12.7. The molecule has 2 aromatic heterocycles. The fourth-order valence-corrected chi connectivity index (χ4v) is 4.91. The highest BCUT2D eigenvalue weighted by molar-refractivity contribution is 7.22. The Bertz CT molecular complexity index is 1190. The Morgan fingerprint density at radius 3 is 2.69 bits per heavy atom. The second-order valence-electron chi connectivity index (χ2n) is 6.39. The molecule has 0 aliphatic heterocycles. The summed E-state index contributed by atoms with van der Waals surface area (Å²) in [6.45, 7) is 0. The first-order valence-electron chi connectivity index (χ1n) is 8.53. The Hall–Kier alpha value is -2.92. The minimum absolute atomic E-state index is 0.0577. The lowest BCUT2D eigenvalue weighted by Crippen LogP contribution is -2.11. The molecule has 128 valence electrons. The summed E-state index contributed by atoms with van der Waals surface area (Å²) in [4.78, 5) is 22.5. The fourth-order valence-electron chi connectivity index (χ4n) is 3.63. The lowest BCUT2D eigenvalue weighted by molar-refractivity contribution is 0.415. The van der Waals surface area contributed by atoms with Crippen LogP contribution < -0.4 is 10.3 Å². The van der Waals surface area contributed by atoms with E-state index in [1.165, 1.54) is 16.0 Å². The van der Waals surface area contributed by atoms with E-state index in [0.717, 1.165) is 39.9 Å². The highest BCUT2D eigenvalue weighted by Crippen LogP contribution is 2.42. The molecule has 0 amide bonds. The predicted molar refractivity (Wildman–Crippen MR) is 105 cm³/mol. The summed E-state index contributed by atoms with van der Waals surface area (Å²) in [5.41, 5.74) is 4.54. The van der Waals surface area contributed by atoms with Gasteiger partial charge in [0, 0.05) is 10.4 Å². The van der Waals surface area contributed by atoms with Gasteiger partial charge in [-0.3, -0.25) is 4.79 Å². The summed E-state index contributed by atoms with van der Waals surface area (Å²) >= 11 is 1.62. The molecule has 0 bridgehead atoms. The van der Waals surface area contributed by atoms with Crippen molar-refractivity contribution in [3.05, 3.63) is 70.0 Å². The number of benzene rings is 2. The average molecular weight is 360 g/mol. The predicted octanol–water partition coefficient (Wildman–Crippen LogP) is 4.43. The highest BCUT2D eigenvalue weighted by Gasteiger charge is 2.23. The number of thiophene rings is 1. The number of hydrogen-bond donors (Lipinski definition) is 1. The molecule has 5 heteroatoms. The van der Waals surface area contributed by atoms with Crippen LogP contribution in [0.15, 0.2) is 53.3 Å². The third-order valence-corrected chi connectivity index (χ3v) is 6.09. The Morgan fingerprint density at radius 1 is 1.08 bits per heavy atom. The average Bonchev–Trinajstić information content (AvgIpc) is 3.07. The lowest BCUT2D eigenvalue weighted by atomic mass is 9.90. The molecule has 26 heavy (non-hydrogen) atoms. The van der Waals surface area contributed by atoms with E-state index < -0.39 is 0 Å². The van der Waals surface area contributed by atoms with Crippen molar-refractivity contribution in [3.8, 4) is 27.6 Å². The number of nitrogens with zero attached hydrogens (tertiary/aromatic N) is 1. The van der Waals surface area contributed by atoms with E-state index in [2.05, 4.69) is 29.2 Å². The Kier molecular flexibility index (Phi) is 3.43. The van der Waals surface area contributed by atoms with Crippen LogP contribution in [0, 0.1) is 0 Å². The molecule has 0 saturated heterocycles. The molecule has 0 saturated carbocycles. The molecule has 1 aliphatic rings. The van der Waals surface area contributed by atoms with E-state index in [4.69, 9.17) is 9.72 Å². The molecular formula is C21H16N2O2S. The zero-order valence-electron chi connectivity index (χ0n) is 14.2. The molecule has 1 N–H and O–H groups in total. The van der Waals surface area contributed by atoms with Gasteiger partial charge in [-0.25, -0.2) is 4.98 Å². The first kappa shape index (κ1) is 15.3. The normalized spacial score (nSPS) is 12.7. The molecule has 1 aliphatic carbocycles. The second kappa shape index (κ2) is 5.81. The lowest BCUT2D eigenvalue weighted by Gasteiger charge is -2.15. The van der Waals surface area contributed by atoms with E-state index in [1.54, 1.807) is 18.4 Å². The third kappa shape index (κ3) is 2.28. The highest BCUT2D eigenvalue weighted by atomic mass is 32.1. The number of aromatic amines is 1. The largest absolute Gasteiger partial charge is 0.497 e. The van der Waals surface area contributed by atoms with E-state index in [1.807, 2.05) is 24.3 Å². The SMILES string of the molecule is COc1ccc(-c2nc3sc4c(c3c(=O)[nH]2)CCc2ccccc2-4)cc1. The van der Waals surface area contributed by atoms with Gasteiger partial charge in [0.05, 0.1) is 12.5 Å². The Balaban J connectivity index is 1.71. The number of ether oxygens (including phenoxy) is 1. The standard InChI is InChI=1S/C21H16N2O2S/c1-25-14-9-6-13(7-10-14)19-22-20(24)17-16-11-8-12-4-2-3-5-15(12)18(16)26-21(17)23-19/h2-7,9-10H,8,11H2,1H3,(H,22,23,24). The molecular weight excluding hydrogens is 344 g/mol. The number of aryl methyl sites for hydroxylation is 2. The van der Waals surface area contributed by atoms with Crippen molar-refractivity contribution >= 4 is 21.6 Å². The van der Waals surface area contributed by atoms with E-state index in [9.17, 15) is 4.79 Å². The minimum atomic E-state index is -0.0577. The monoisotopic (exact) mass is 360 g/mol. The van der Waals surface area contributed by atoms with Gasteiger partial charge in [-0.15, -0.1) is 11.3 Å². The molecule has 0 spiro atoms. The number of methoxy groups -OCH3 is 1. The number of rotatable bonds is 2. The van der Waals surface area contributed by atoms with Crippen LogP contribution in [0.2, 0.25) is 0 Å². The van der Waals surface area contributed by atoms with Crippen molar-refractivity contribution in [2.75, 3.05) is 7.11 Å². The van der Waals surface area contributed by atoms with Gasteiger partial charge in [-0.1, -0.05) is 24.3 Å². The number of hydrogen-bond acceptors (Lipinski definition) is 4. The van der Waals surface area contributed by atoms with Gasteiger partial charge in [0.1, 0.15) is 16.4 Å². The van der Waals surface area contributed by atoms with E-state index in [-0.39, 0.29) is 5.56 Å². The van der Waals surface area contributed by atoms with Crippen LogP contribution >= 0.6 is 11.3 Å². The Morgan fingerprint density at radius 2 is 1.88 bits per heavy atom. The number of fused-ring (bicyclic) bond motifs is 5. The Labute approximate surface area is 154 Å². The van der Waals surface area contributed by atoms with Crippen molar-refractivity contribution in [3.63, 3.8) is 0 Å². The summed E-state index contributed by atoms with van der Waals surface area (Å²) in [6, 6.07) is 16.0. The fraction of sp³-hybridized carbons (Fsp3) is 0.143. The van der Waals surface area contributed by atoms with E-state index >= 15 is 0 Å². The van der Waals surface area contributed by atoms with Gasteiger partial charge in [-0.2, -0.15) is 0 Å². The molecule has 0 unspecified atom stereocenters. The van der Waals surface area contributed by atoms with Crippen LogP contribution in [0.4, 0.5) is 0 Å². The summed E-state index contributed by atoms with van der Waals surface area (Å²) in [5, 5.41) is 0.747. The van der Waals surface area contributed by atoms with Gasteiger partial charge in [-0.05, 0) is 53.8 Å². The van der Waals surface area contributed by atoms with Crippen LogP contribution in [0.1, 0.15) is 11.1 Å². The molecule has 4 nitrogen and oxygen atoms in total. The molecule has 2 aromatic carbocycles. The summed E-state index contributed by atoms with van der Waals surface area (Å²) in [7, 11) is 1.63.